The second kappa shape index (κ2) is 6.62. The maximum atomic E-state index is 12.0. The highest BCUT2D eigenvalue weighted by Gasteiger charge is 2.18. The fourth-order valence-corrected chi connectivity index (χ4v) is 2.44. The number of aromatic nitrogens is 1. The fraction of sp³-hybridized carbons (Fsp3) is 0.375. The number of ether oxygens (including phenoxy) is 1. The monoisotopic (exact) mass is 302 g/mol. The number of hydrogen-bond donors (Lipinski definition) is 1. The topological polar surface area (TPSA) is 73.5 Å². The van der Waals surface area contributed by atoms with Gasteiger partial charge >= 0.3 is 0 Å². The van der Waals surface area contributed by atoms with Crippen molar-refractivity contribution in [3.8, 4) is 0 Å². The molecule has 1 aliphatic heterocycles. The van der Waals surface area contributed by atoms with E-state index >= 15 is 0 Å². The summed E-state index contributed by atoms with van der Waals surface area (Å²) in [5.41, 5.74) is -0.108. The molecule has 0 aliphatic carbocycles. The van der Waals surface area contributed by atoms with E-state index in [2.05, 4.69) is 5.32 Å². The van der Waals surface area contributed by atoms with Crippen LogP contribution in [-0.2, 0) is 11.3 Å². The number of carbonyl (C=O) groups is 1. The summed E-state index contributed by atoms with van der Waals surface area (Å²) >= 11 is 0. The molecular formula is C16H18N2O4. The van der Waals surface area contributed by atoms with E-state index in [1.807, 2.05) is 0 Å². The molecule has 0 aromatic carbocycles. The molecule has 1 fully saturated rings. The summed E-state index contributed by atoms with van der Waals surface area (Å²) in [4.78, 5) is 23.6. The van der Waals surface area contributed by atoms with E-state index in [1.165, 1.54) is 10.6 Å². The van der Waals surface area contributed by atoms with E-state index in [0.717, 1.165) is 19.4 Å². The minimum absolute atomic E-state index is 0.0984. The quantitative estimate of drug-likeness (QED) is 0.906. The maximum Gasteiger partial charge on any atom is 0.287 e. The van der Waals surface area contributed by atoms with E-state index in [1.54, 1.807) is 30.5 Å². The van der Waals surface area contributed by atoms with Crippen LogP contribution in [0.15, 0.2) is 45.7 Å². The molecule has 1 amide bonds. The lowest BCUT2D eigenvalue weighted by Crippen LogP contribution is -2.31. The number of rotatable bonds is 5. The predicted octanol–water partition coefficient (Wildman–Crippen LogP) is 1.40. The highest BCUT2D eigenvalue weighted by molar-refractivity contribution is 5.91. The highest BCUT2D eigenvalue weighted by atomic mass is 16.5. The van der Waals surface area contributed by atoms with E-state index in [0.29, 0.717) is 18.8 Å². The van der Waals surface area contributed by atoms with Gasteiger partial charge in [0.15, 0.2) is 5.76 Å². The molecule has 1 atom stereocenters. The molecule has 3 heterocycles. The van der Waals surface area contributed by atoms with Gasteiger partial charge in [-0.2, -0.15) is 0 Å². The fourth-order valence-electron chi connectivity index (χ4n) is 2.44. The molecule has 2 aromatic heterocycles. The molecule has 22 heavy (non-hydrogen) atoms. The Bertz CT molecular complexity index is 698. The van der Waals surface area contributed by atoms with Crippen LogP contribution in [0.3, 0.4) is 0 Å². The van der Waals surface area contributed by atoms with Crippen molar-refractivity contribution in [2.75, 3.05) is 13.2 Å². The molecule has 0 saturated carbocycles. The van der Waals surface area contributed by atoms with Crippen LogP contribution in [0.5, 0.6) is 0 Å². The van der Waals surface area contributed by atoms with Gasteiger partial charge in [-0.15, -0.1) is 0 Å². The third kappa shape index (κ3) is 3.46. The summed E-state index contributed by atoms with van der Waals surface area (Å²) in [5, 5.41) is 2.80. The minimum atomic E-state index is -0.262. The molecule has 3 rings (SSSR count). The molecule has 1 N–H and O–H groups in total. The van der Waals surface area contributed by atoms with Gasteiger partial charge in [0.2, 0.25) is 0 Å². The van der Waals surface area contributed by atoms with Crippen LogP contribution < -0.4 is 10.9 Å². The lowest BCUT2D eigenvalue weighted by Gasteiger charge is -2.09. The van der Waals surface area contributed by atoms with Crippen molar-refractivity contribution in [3.05, 3.63) is 58.4 Å². The molecule has 6 nitrogen and oxygen atoms in total. The average molecular weight is 302 g/mol. The Hall–Kier alpha value is -2.34. The molecule has 0 bridgehead atoms. The Morgan fingerprint density at radius 3 is 3.00 bits per heavy atom. The number of nitrogens with one attached hydrogen (secondary N) is 1. The number of amides is 1. The van der Waals surface area contributed by atoms with Gasteiger partial charge in [-0.25, -0.2) is 0 Å². The van der Waals surface area contributed by atoms with Crippen LogP contribution in [0.1, 0.15) is 29.2 Å². The van der Waals surface area contributed by atoms with E-state index in [9.17, 15) is 9.59 Å². The first-order valence-electron chi connectivity index (χ1n) is 7.36. The van der Waals surface area contributed by atoms with Crippen LogP contribution in [0.25, 0.3) is 0 Å². The second-order valence-corrected chi connectivity index (χ2v) is 5.28. The van der Waals surface area contributed by atoms with Gasteiger partial charge in [0.05, 0.1) is 12.6 Å². The largest absolute Gasteiger partial charge is 0.454 e. The molecule has 6 heteroatoms. The van der Waals surface area contributed by atoms with Crippen LogP contribution in [-0.4, -0.2) is 29.7 Å². The summed E-state index contributed by atoms with van der Waals surface area (Å²) in [6, 6.07) is 8.28. The lowest BCUT2D eigenvalue weighted by atomic mass is 10.2. The number of hydrogen-bond acceptors (Lipinski definition) is 4. The van der Waals surface area contributed by atoms with E-state index < -0.39 is 0 Å². The van der Waals surface area contributed by atoms with Crippen molar-refractivity contribution >= 4 is 5.91 Å². The second-order valence-electron chi connectivity index (χ2n) is 5.28. The summed E-state index contributed by atoms with van der Waals surface area (Å²) in [6.07, 6.45) is 3.79. The van der Waals surface area contributed by atoms with Gasteiger partial charge in [0.1, 0.15) is 5.76 Å². The Kier molecular flexibility index (Phi) is 4.39. The van der Waals surface area contributed by atoms with Gasteiger partial charge in [0, 0.05) is 25.4 Å². The number of nitrogens with zero attached hydrogens (tertiary/aromatic N) is 1. The first-order chi connectivity index (χ1) is 10.7. The Labute approximate surface area is 127 Å². The van der Waals surface area contributed by atoms with Crippen molar-refractivity contribution in [3.63, 3.8) is 0 Å². The lowest BCUT2D eigenvalue weighted by molar-refractivity contribution is 0.0833. The molecule has 1 aliphatic rings. The summed E-state index contributed by atoms with van der Waals surface area (Å²) < 4.78 is 12.5. The standard InChI is InChI=1S/C16H18N2O4/c19-15-5-1-2-8-18(15)11-13-6-7-14(22-13)16(20)17-10-12-4-3-9-21-12/h1-2,5-8,12H,3-4,9-11H2,(H,17,20)/t12-/m0/s1. The van der Waals surface area contributed by atoms with Crippen LogP contribution in [0, 0.1) is 0 Å². The van der Waals surface area contributed by atoms with Gasteiger partial charge in [-0.1, -0.05) is 6.07 Å². The number of furan rings is 1. The van der Waals surface area contributed by atoms with E-state index in [-0.39, 0.29) is 23.3 Å². The van der Waals surface area contributed by atoms with Gasteiger partial charge in [0.25, 0.3) is 11.5 Å². The summed E-state index contributed by atoms with van der Waals surface area (Å²) in [7, 11) is 0. The molecule has 1 saturated heterocycles. The van der Waals surface area contributed by atoms with Crippen molar-refractivity contribution in [2.24, 2.45) is 0 Å². The predicted molar refractivity (Wildman–Crippen MR) is 79.8 cm³/mol. The van der Waals surface area contributed by atoms with Crippen LogP contribution in [0.4, 0.5) is 0 Å². The summed E-state index contributed by atoms with van der Waals surface area (Å²) in [6.45, 7) is 1.56. The van der Waals surface area contributed by atoms with Gasteiger partial charge in [-0.05, 0) is 31.0 Å². The normalized spacial score (nSPS) is 17.5. The Morgan fingerprint density at radius 2 is 2.23 bits per heavy atom. The minimum Gasteiger partial charge on any atom is -0.454 e. The number of carbonyl (C=O) groups excluding carboxylic acids is 1. The molecule has 0 unspecified atom stereocenters. The SMILES string of the molecule is O=C(NC[C@@H]1CCCO1)c1ccc(Cn2ccccc2=O)o1. The highest BCUT2D eigenvalue weighted by Crippen LogP contribution is 2.12. The summed E-state index contributed by atoms with van der Waals surface area (Å²) in [5.74, 6) is 0.551. The molecule has 116 valence electrons. The van der Waals surface area contributed by atoms with Gasteiger partial charge in [-0.3, -0.25) is 9.59 Å². The zero-order valence-corrected chi connectivity index (χ0v) is 12.2. The van der Waals surface area contributed by atoms with Crippen LogP contribution in [0.2, 0.25) is 0 Å². The zero-order valence-electron chi connectivity index (χ0n) is 12.2. The van der Waals surface area contributed by atoms with Crippen LogP contribution >= 0.6 is 0 Å². The average Bonchev–Trinajstić information content (AvgIpc) is 3.19. The van der Waals surface area contributed by atoms with Crippen molar-refractivity contribution in [1.82, 2.24) is 9.88 Å². The van der Waals surface area contributed by atoms with Crippen molar-refractivity contribution in [2.45, 2.75) is 25.5 Å². The molecule has 0 radical (unpaired) electrons. The third-order valence-electron chi connectivity index (χ3n) is 3.62. The van der Waals surface area contributed by atoms with Crippen molar-refractivity contribution in [1.29, 1.82) is 0 Å². The zero-order chi connectivity index (χ0) is 15.4. The first kappa shape index (κ1) is 14.6. The molecular weight excluding hydrogens is 284 g/mol. The molecule has 2 aromatic rings. The third-order valence-corrected chi connectivity index (χ3v) is 3.62. The smallest absolute Gasteiger partial charge is 0.287 e. The number of pyridine rings is 1. The Morgan fingerprint density at radius 1 is 1.32 bits per heavy atom. The maximum absolute atomic E-state index is 12.0. The first-order valence-corrected chi connectivity index (χ1v) is 7.36. The van der Waals surface area contributed by atoms with E-state index in [4.69, 9.17) is 9.15 Å². The van der Waals surface area contributed by atoms with Gasteiger partial charge < -0.3 is 19.0 Å². The molecule has 0 spiro atoms. The van der Waals surface area contributed by atoms with Crippen molar-refractivity contribution < 1.29 is 13.9 Å². The Balaban J connectivity index is 1.59.